The van der Waals surface area contributed by atoms with E-state index in [4.69, 9.17) is 4.42 Å². The largest absolute Gasteiger partial charge is 1.00 e. The zero-order chi connectivity index (χ0) is 11.7. The van der Waals surface area contributed by atoms with Crippen LogP contribution in [-0.4, -0.2) is 0 Å². The van der Waals surface area contributed by atoms with E-state index in [2.05, 4.69) is 34.9 Å². The first-order chi connectivity index (χ1) is 8.34. The fraction of sp³-hybridized carbons (Fsp3) is 0.133. The average molecular weight is 304 g/mol. The van der Waals surface area contributed by atoms with Crippen LogP contribution in [0.15, 0.2) is 59.0 Å². The van der Waals surface area contributed by atoms with E-state index in [0.29, 0.717) is 0 Å². The van der Waals surface area contributed by atoms with Crippen molar-refractivity contribution in [2.75, 3.05) is 0 Å². The quantitative estimate of drug-likeness (QED) is 0.613. The summed E-state index contributed by atoms with van der Waals surface area (Å²) in [5.41, 5.74) is 3.38. The number of fused-ring (bicyclic) bond motifs is 1. The van der Waals surface area contributed by atoms with Gasteiger partial charge in [0.15, 0.2) is 6.54 Å². The summed E-state index contributed by atoms with van der Waals surface area (Å²) >= 11 is 0. The number of aryl methyl sites for hydroxylation is 1. The van der Waals surface area contributed by atoms with Gasteiger partial charge in [0.25, 0.3) is 5.52 Å². The van der Waals surface area contributed by atoms with Gasteiger partial charge in [0.1, 0.15) is 0 Å². The molecule has 3 aromatic rings. The van der Waals surface area contributed by atoms with Crippen LogP contribution in [0, 0.1) is 6.92 Å². The summed E-state index contributed by atoms with van der Waals surface area (Å²) in [5, 5.41) is 0. The van der Waals surface area contributed by atoms with Crippen molar-refractivity contribution < 1.29 is 26.0 Å². The monoisotopic (exact) mass is 303 g/mol. The van der Waals surface area contributed by atoms with Gasteiger partial charge in [-0.05, 0) is 6.07 Å². The average Bonchev–Trinajstić information content (AvgIpc) is 2.68. The molecular weight excluding hydrogens is 290 g/mol. The lowest BCUT2D eigenvalue weighted by Gasteiger charge is -1.95. The molecule has 0 radical (unpaired) electrons. The molecule has 0 spiro atoms. The molecule has 92 valence electrons. The number of rotatable bonds is 2. The molecule has 0 unspecified atom stereocenters. The molecule has 3 rings (SSSR count). The minimum absolute atomic E-state index is 0. The number of oxazole rings is 1. The SMILES string of the molecule is Cc1oc2ccccc2[n+]1Cc1ccccc1.[Br-]. The van der Waals surface area contributed by atoms with Crippen molar-refractivity contribution in [2.24, 2.45) is 0 Å². The maximum absolute atomic E-state index is 5.73. The van der Waals surface area contributed by atoms with Gasteiger partial charge in [-0.25, -0.2) is 0 Å². The highest BCUT2D eigenvalue weighted by molar-refractivity contribution is 5.68. The highest BCUT2D eigenvalue weighted by atomic mass is 79.9. The first-order valence-electron chi connectivity index (χ1n) is 5.76. The van der Waals surface area contributed by atoms with E-state index in [1.54, 1.807) is 0 Å². The molecule has 0 aliphatic heterocycles. The van der Waals surface area contributed by atoms with E-state index in [-0.39, 0.29) is 17.0 Å². The topological polar surface area (TPSA) is 17.0 Å². The molecule has 0 saturated carbocycles. The summed E-state index contributed by atoms with van der Waals surface area (Å²) in [6.45, 7) is 2.85. The Balaban J connectivity index is 0.00000120. The van der Waals surface area contributed by atoms with Gasteiger partial charge < -0.3 is 21.4 Å². The fourth-order valence-corrected chi connectivity index (χ4v) is 2.11. The molecule has 0 saturated heterocycles. The van der Waals surface area contributed by atoms with E-state index in [0.717, 1.165) is 23.5 Å². The van der Waals surface area contributed by atoms with Gasteiger partial charge in [0.2, 0.25) is 5.58 Å². The van der Waals surface area contributed by atoms with Gasteiger partial charge in [0.05, 0.1) is 6.92 Å². The van der Waals surface area contributed by atoms with Crippen LogP contribution in [-0.2, 0) is 6.54 Å². The minimum atomic E-state index is 0. The zero-order valence-corrected chi connectivity index (χ0v) is 11.7. The number of hydrogen-bond donors (Lipinski definition) is 0. The lowest BCUT2D eigenvalue weighted by atomic mass is 10.2. The number of aromatic nitrogens is 1. The summed E-state index contributed by atoms with van der Waals surface area (Å²) < 4.78 is 7.93. The van der Waals surface area contributed by atoms with E-state index in [1.165, 1.54) is 5.56 Å². The molecule has 3 heteroatoms. The van der Waals surface area contributed by atoms with Crippen LogP contribution in [0.1, 0.15) is 11.5 Å². The maximum Gasteiger partial charge on any atom is 0.345 e. The Kier molecular flexibility index (Phi) is 3.82. The molecular formula is C15H14BrNO. The highest BCUT2D eigenvalue weighted by Crippen LogP contribution is 2.13. The van der Waals surface area contributed by atoms with Crippen molar-refractivity contribution in [1.82, 2.24) is 0 Å². The predicted molar refractivity (Wildman–Crippen MR) is 66.7 cm³/mol. The molecule has 0 amide bonds. The van der Waals surface area contributed by atoms with E-state index in [9.17, 15) is 0 Å². The van der Waals surface area contributed by atoms with Crippen LogP contribution < -0.4 is 21.5 Å². The second-order valence-electron chi connectivity index (χ2n) is 4.16. The van der Waals surface area contributed by atoms with Gasteiger partial charge in [-0.15, -0.1) is 0 Å². The maximum atomic E-state index is 5.73. The molecule has 1 heterocycles. The number of benzene rings is 2. The number of hydrogen-bond acceptors (Lipinski definition) is 1. The van der Waals surface area contributed by atoms with Crippen LogP contribution in [0.5, 0.6) is 0 Å². The Hall–Kier alpha value is -1.61. The molecule has 0 bridgehead atoms. The number of nitrogens with zero attached hydrogens (tertiary/aromatic N) is 1. The van der Waals surface area contributed by atoms with Gasteiger partial charge in [-0.2, -0.15) is 4.57 Å². The van der Waals surface area contributed by atoms with E-state index < -0.39 is 0 Å². The third kappa shape index (κ3) is 2.31. The van der Waals surface area contributed by atoms with Gasteiger partial charge >= 0.3 is 5.89 Å². The lowest BCUT2D eigenvalue weighted by Crippen LogP contribution is -3.00. The third-order valence-corrected chi connectivity index (χ3v) is 2.98. The van der Waals surface area contributed by atoms with Crippen molar-refractivity contribution in [1.29, 1.82) is 0 Å². The molecule has 0 aliphatic rings. The molecule has 0 fully saturated rings. The number of para-hydroxylation sites is 2. The standard InChI is InChI=1S/C15H14NO.BrH/c1-12-16(11-13-7-3-2-4-8-13)14-9-5-6-10-15(14)17-12;/h2-10H,11H2,1H3;1H/q+1;/p-1. The summed E-state index contributed by atoms with van der Waals surface area (Å²) in [6.07, 6.45) is 0. The minimum Gasteiger partial charge on any atom is -1.00 e. The second-order valence-corrected chi connectivity index (χ2v) is 4.16. The first kappa shape index (κ1) is 12.8. The molecule has 1 aromatic heterocycles. The Morgan fingerprint density at radius 2 is 1.61 bits per heavy atom. The summed E-state index contributed by atoms with van der Waals surface area (Å²) in [5.74, 6) is 0.940. The number of halogens is 1. The molecule has 2 aromatic carbocycles. The smallest absolute Gasteiger partial charge is 0.345 e. The van der Waals surface area contributed by atoms with Crippen molar-refractivity contribution in [3.63, 3.8) is 0 Å². The Morgan fingerprint density at radius 1 is 0.944 bits per heavy atom. The van der Waals surface area contributed by atoms with Gasteiger partial charge in [-0.3, -0.25) is 0 Å². The van der Waals surface area contributed by atoms with Crippen LogP contribution in [0.3, 0.4) is 0 Å². The molecule has 0 atom stereocenters. The summed E-state index contributed by atoms with van der Waals surface area (Å²) in [7, 11) is 0. The summed E-state index contributed by atoms with van der Waals surface area (Å²) in [6, 6.07) is 18.6. The fourth-order valence-electron chi connectivity index (χ4n) is 2.11. The van der Waals surface area contributed by atoms with Crippen molar-refractivity contribution in [2.45, 2.75) is 13.5 Å². The van der Waals surface area contributed by atoms with Crippen molar-refractivity contribution in [3.05, 3.63) is 66.1 Å². The van der Waals surface area contributed by atoms with Crippen LogP contribution in [0.4, 0.5) is 0 Å². The van der Waals surface area contributed by atoms with Gasteiger partial charge in [-0.1, -0.05) is 42.5 Å². The third-order valence-electron chi connectivity index (χ3n) is 2.98. The Bertz CT molecular complexity index is 646. The Labute approximate surface area is 117 Å². The van der Waals surface area contributed by atoms with Crippen LogP contribution >= 0.6 is 0 Å². The second kappa shape index (κ2) is 5.36. The normalized spacial score (nSPS) is 10.3. The van der Waals surface area contributed by atoms with Crippen molar-refractivity contribution >= 4 is 11.1 Å². The Morgan fingerprint density at radius 3 is 2.39 bits per heavy atom. The van der Waals surface area contributed by atoms with E-state index in [1.807, 2.05) is 31.2 Å². The highest BCUT2D eigenvalue weighted by Gasteiger charge is 2.18. The molecule has 18 heavy (non-hydrogen) atoms. The van der Waals surface area contributed by atoms with Crippen LogP contribution in [0.25, 0.3) is 11.1 Å². The summed E-state index contributed by atoms with van der Waals surface area (Å²) in [4.78, 5) is 0. The molecule has 0 N–H and O–H groups in total. The first-order valence-corrected chi connectivity index (χ1v) is 5.76. The van der Waals surface area contributed by atoms with E-state index >= 15 is 0 Å². The molecule has 2 nitrogen and oxygen atoms in total. The van der Waals surface area contributed by atoms with Crippen molar-refractivity contribution in [3.8, 4) is 0 Å². The van der Waals surface area contributed by atoms with Gasteiger partial charge in [0, 0.05) is 11.6 Å². The molecule has 0 aliphatic carbocycles. The predicted octanol–water partition coefficient (Wildman–Crippen LogP) is 0.0810. The lowest BCUT2D eigenvalue weighted by molar-refractivity contribution is -0.674. The zero-order valence-electron chi connectivity index (χ0n) is 10.1. The van der Waals surface area contributed by atoms with Crippen LogP contribution in [0.2, 0.25) is 0 Å².